The summed E-state index contributed by atoms with van der Waals surface area (Å²) >= 11 is 0. The zero-order valence-electron chi connectivity index (χ0n) is 12.4. The van der Waals surface area contributed by atoms with Gasteiger partial charge in [-0.1, -0.05) is 60.7 Å². The Morgan fingerprint density at radius 3 is 2.61 bits per heavy atom. The van der Waals surface area contributed by atoms with Crippen LogP contribution in [0.4, 0.5) is 5.69 Å². The molecule has 0 aromatic heterocycles. The van der Waals surface area contributed by atoms with Gasteiger partial charge in [0.25, 0.3) is 0 Å². The van der Waals surface area contributed by atoms with Crippen LogP contribution in [0.15, 0.2) is 71.7 Å². The third-order valence-corrected chi connectivity index (χ3v) is 4.70. The predicted molar refractivity (Wildman–Crippen MR) is 93.6 cm³/mol. The Morgan fingerprint density at radius 2 is 1.65 bits per heavy atom. The molecular weight excluding hydrogens is 282 g/mol. The Kier molecular flexibility index (Phi) is 2.45. The molecule has 108 valence electrons. The number of ketones is 1. The van der Waals surface area contributed by atoms with Crippen molar-refractivity contribution in [1.82, 2.24) is 0 Å². The van der Waals surface area contributed by atoms with E-state index in [4.69, 9.17) is 4.99 Å². The molecule has 2 heteroatoms. The highest BCUT2D eigenvalue weighted by molar-refractivity contribution is 6.30. The molecule has 1 unspecified atom stereocenters. The van der Waals surface area contributed by atoms with E-state index in [1.807, 2.05) is 66.7 Å². The van der Waals surface area contributed by atoms with E-state index in [0.29, 0.717) is 0 Å². The van der Waals surface area contributed by atoms with E-state index in [1.165, 1.54) is 0 Å². The minimum atomic E-state index is -0.283. The Morgan fingerprint density at radius 1 is 0.826 bits per heavy atom. The first-order valence-electron chi connectivity index (χ1n) is 7.74. The predicted octanol–water partition coefficient (Wildman–Crippen LogP) is 4.92. The molecule has 0 N–H and O–H groups in total. The number of hydrogen-bond acceptors (Lipinski definition) is 2. The fourth-order valence-corrected chi connectivity index (χ4v) is 3.63. The van der Waals surface area contributed by atoms with Gasteiger partial charge in [0, 0.05) is 0 Å². The maximum absolute atomic E-state index is 13.3. The first kappa shape index (κ1) is 12.5. The minimum Gasteiger partial charge on any atom is -0.293 e. The summed E-state index contributed by atoms with van der Waals surface area (Å²) < 4.78 is 0. The number of hydrogen-bond donors (Lipinski definition) is 0. The van der Waals surface area contributed by atoms with E-state index >= 15 is 0 Å². The molecule has 2 nitrogen and oxygen atoms in total. The van der Waals surface area contributed by atoms with E-state index < -0.39 is 0 Å². The van der Waals surface area contributed by atoms with Crippen LogP contribution in [-0.4, -0.2) is 11.5 Å². The van der Waals surface area contributed by atoms with Crippen LogP contribution in [0.25, 0.3) is 16.8 Å². The summed E-state index contributed by atoms with van der Waals surface area (Å²) in [7, 11) is 0. The second-order valence-electron chi connectivity index (χ2n) is 5.98. The molecule has 5 rings (SSSR count). The molecule has 1 atom stereocenters. The summed E-state index contributed by atoms with van der Waals surface area (Å²) in [6, 6.07) is 20.1. The molecule has 1 heterocycles. The highest BCUT2D eigenvalue weighted by Crippen LogP contribution is 2.41. The monoisotopic (exact) mass is 295 g/mol. The lowest BCUT2D eigenvalue weighted by Gasteiger charge is -2.27. The number of aliphatic imine (C=N–C) groups is 1. The Labute approximate surface area is 133 Å². The highest BCUT2D eigenvalue weighted by atomic mass is 16.1. The lowest BCUT2D eigenvalue weighted by Crippen LogP contribution is -2.27. The van der Waals surface area contributed by atoms with Gasteiger partial charge in [0.05, 0.1) is 22.9 Å². The zero-order valence-corrected chi connectivity index (χ0v) is 12.4. The molecular formula is C21H13NO. The average molecular weight is 295 g/mol. The molecule has 1 aliphatic carbocycles. The zero-order chi connectivity index (χ0) is 15.4. The number of Topliss-reactive ketones (excluding diaryl/α,β-unsaturated/α-hetero) is 1. The summed E-state index contributed by atoms with van der Waals surface area (Å²) in [5, 5.41) is 2.07. The SMILES string of the molecule is O=C1c2c(ccc3ccccc23)N=C2C=Cc3ccccc3C12. The molecule has 2 aliphatic rings. The van der Waals surface area contributed by atoms with Gasteiger partial charge in [-0.2, -0.15) is 0 Å². The van der Waals surface area contributed by atoms with Gasteiger partial charge in [-0.05, 0) is 34.0 Å². The van der Waals surface area contributed by atoms with E-state index in [-0.39, 0.29) is 11.7 Å². The van der Waals surface area contributed by atoms with Crippen LogP contribution < -0.4 is 0 Å². The van der Waals surface area contributed by atoms with Gasteiger partial charge in [0.1, 0.15) is 0 Å². The van der Waals surface area contributed by atoms with Gasteiger partial charge in [-0.25, -0.2) is 0 Å². The number of carbonyl (C=O) groups excluding carboxylic acids is 1. The van der Waals surface area contributed by atoms with E-state index in [9.17, 15) is 4.79 Å². The van der Waals surface area contributed by atoms with Gasteiger partial charge in [0.15, 0.2) is 5.78 Å². The molecule has 0 radical (unpaired) electrons. The largest absolute Gasteiger partial charge is 0.293 e. The van der Waals surface area contributed by atoms with Gasteiger partial charge >= 0.3 is 0 Å². The molecule has 0 fully saturated rings. The Hall–Kier alpha value is -3.00. The van der Waals surface area contributed by atoms with Crippen LogP contribution in [0.2, 0.25) is 0 Å². The third-order valence-electron chi connectivity index (χ3n) is 4.70. The van der Waals surface area contributed by atoms with Crippen LogP contribution in [0, 0.1) is 0 Å². The van der Waals surface area contributed by atoms with Crippen LogP contribution >= 0.6 is 0 Å². The fraction of sp³-hybridized carbons (Fsp3) is 0.0476. The molecule has 0 amide bonds. The second-order valence-corrected chi connectivity index (χ2v) is 5.98. The Bertz CT molecular complexity index is 1040. The van der Waals surface area contributed by atoms with E-state index in [1.54, 1.807) is 0 Å². The normalized spacial score (nSPS) is 18.2. The lowest BCUT2D eigenvalue weighted by atomic mass is 9.78. The maximum atomic E-state index is 13.3. The maximum Gasteiger partial charge on any atom is 0.179 e. The van der Waals surface area contributed by atoms with Crippen LogP contribution in [0.5, 0.6) is 0 Å². The van der Waals surface area contributed by atoms with Crippen molar-refractivity contribution in [2.45, 2.75) is 5.92 Å². The summed E-state index contributed by atoms with van der Waals surface area (Å²) in [5.74, 6) is -0.131. The molecule has 0 spiro atoms. The lowest BCUT2D eigenvalue weighted by molar-refractivity contribution is 0.0983. The van der Waals surface area contributed by atoms with Gasteiger partial charge in [-0.3, -0.25) is 9.79 Å². The van der Waals surface area contributed by atoms with Gasteiger partial charge in [0.2, 0.25) is 0 Å². The number of rotatable bonds is 0. The quantitative estimate of drug-likeness (QED) is 0.579. The molecule has 1 aliphatic heterocycles. The van der Waals surface area contributed by atoms with Gasteiger partial charge in [-0.15, -0.1) is 0 Å². The molecule has 0 saturated heterocycles. The number of benzene rings is 3. The molecule has 23 heavy (non-hydrogen) atoms. The first-order chi connectivity index (χ1) is 11.3. The summed E-state index contributed by atoms with van der Waals surface area (Å²) in [6.07, 6.45) is 4.02. The third kappa shape index (κ3) is 1.69. The number of fused-ring (bicyclic) bond motifs is 6. The molecule has 3 aromatic carbocycles. The Balaban J connectivity index is 1.83. The average Bonchev–Trinajstić information content (AvgIpc) is 2.61. The van der Waals surface area contributed by atoms with Crippen molar-refractivity contribution in [3.05, 3.63) is 83.4 Å². The first-order valence-corrected chi connectivity index (χ1v) is 7.74. The number of carbonyl (C=O) groups is 1. The van der Waals surface area contributed by atoms with Crippen molar-refractivity contribution < 1.29 is 4.79 Å². The molecule has 3 aromatic rings. The van der Waals surface area contributed by atoms with Crippen molar-refractivity contribution in [2.75, 3.05) is 0 Å². The minimum absolute atomic E-state index is 0.151. The highest BCUT2D eigenvalue weighted by Gasteiger charge is 2.35. The van der Waals surface area contributed by atoms with Crippen molar-refractivity contribution in [2.24, 2.45) is 4.99 Å². The standard InChI is InChI=1S/C21H13NO/c23-21-19-15-7-3-1-5-13(15)9-11-17(19)22-18-12-10-14-6-2-4-8-16(14)20(18)21/h1-12,19H. The molecule has 0 saturated carbocycles. The van der Waals surface area contributed by atoms with Crippen LogP contribution in [0.1, 0.15) is 27.4 Å². The topological polar surface area (TPSA) is 29.4 Å². The number of allylic oxidation sites excluding steroid dienone is 1. The summed E-state index contributed by atoms with van der Waals surface area (Å²) in [6.45, 7) is 0. The van der Waals surface area contributed by atoms with Crippen molar-refractivity contribution in [1.29, 1.82) is 0 Å². The smallest absolute Gasteiger partial charge is 0.179 e. The van der Waals surface area contributed by atoms with Crippen molar-refractivity contribution in [3.8, 4) is 0 Å². The van der Waals surface area contributed by atoms with E-state index in [2.05, 4.69) is 6.07 Å². The van der Waals surface area contributed by atoms with Crippen molar-refractivity contribution >= 4 is 34.0 Å². The van der Waals surface area contributed by atoms with Crippen LogP contribution in [0.3, 0.4) is 0 Å². The molecule has 0 bridgehead atoms. The summed E-state index contributed by atoms with van der Waals surface area (Å²) in [4.78, 5) is 18.1. The number of nitrogens with zero attached hydrogens (tertiary/aromatic N) is 1. The van der Waals surface area contributed by atoms with E-state index in [0.717, 1.165) is 38.9 Å². The van der Waals surface area contributed by atoms with Gasteiger partial charge < -0.3 is 0 Å². The summed E-state index contributed by atoms with van der Waals surface area (Å²) in [5.41, 5.74) is 4.54. The van der Waals surface area contributed by atoms with Crippen LogP contribution in [-0.2, 0) is 0 Å². The fourth-order valence-electron chi connectivity index (χ4n) is 3.63. The van der Waals surface area contributed by atoms with Crippen molar-refractivity contribution in [3.63, 3.8) is 0 Å². The second kappa shape index (κ2) is 4.50.